The fourth-order valence-corrected chi connectivity index (χ4v) is 6.27. The van der Waals surface area contributed by atoms with Crippen molar-refractivity contribution >= 4 is 15.9 Å². The maximum absolute atomic E-state index is 14.0. The lowest BCUT2D eigenvalue weighted by Crippen LogP contribution is -2.50. The number of fused-ring (bicyclic) bond motifs is 2. The molecule has 2 aromatic rings. The summed E-state index contributed by atoms with van der Waals surface area (Å²) < 4.78 is 67.9. The number of nitrogens with zero attached hydrogens (tertiary/aromatic N) is 1. The van der Waals surface area contributed by atoms with E-state index in [1.165, 1.54) is 12.1 Å². The van der Waals surface area contributed by atoms with Crippen LogP contribution in [0.4, 0.5) is 13.2 Å². The Morgan fingerprint density at radius 3 is 2.29 bits per heavy atom. The fourth-order valence-electron chi connectivity index (χ4n) is 5.22. The predicted octanol–water partition coefficient (Wildman–Crippen LogP) is 3.11. The Labute approximate surface area is 197 Å². The SMILES string of the molecule is NC(Cc1cc(F)c(F)cc1F)C1CC2CC[C@@H](C1)N2C(=O)CCNS(=O)(=O)c1ccccc1. The molecule has 0 radical (unpaired) electrons. The fraction of sp³-hybridized carbons (Fsp3) is 0.458. The topological polar surface area (TPSA) is 92.5 Å². The lowest BCUT2D eigenvalue weighted by atomic mass is 9.82. The molecule has 10 heteroatoms. The third kappa shape index (κ3) is 5.29. The number of nitrogens with two attached hydrogens (primary N) is 1. The molecule has 4 atom stereocenters. The van der Waals surface area contributed by atoms with Gasteiger partial charge in [-0.2, -0.15) is 0 Å². The molecule has 184 valence electrons. The average molecular weight is 496 g/mol. The van der Waals surface area contributed by atoms with Crippen molar-refractivity contribution in [3.8, 4) is 0 Å². The van der Waals surface area contributed by atoms with Crippen LogP contribution in [0.15, 0.2) is 47.4 Å². The van der Waals surface area contributed by atoms with Crippen LogP contribution in [0.5, 0.6) is 0 Å². The quantitative estimate of drug-likeness (QED) is 0.551. The van der Waals surface area contributed by atoms with Crippen molar-refractivity contribution in [1.29, 1.82) is 0 Å². The van der Waals surface area contributed by atoms with E-state index in [2.05, 4.69) is 4.72 Å². The van der Waals surface area contributed by atoms with Gasteiger partial charge in [0.25, 0.3) is 0 Å². The molecule has 34 heavy (non-hydrogen) atoms. The molecule has 0 aromatic heterocycles. The van der Waals surface area contributed by atoms with Crippen LogP contribution in [-0.4, -0.2) is 43.9 Å². The van der Waals surface area contributed by atoms with Gasteiger partial charge in [0.05, 0.1) is 4.90 Å². The molecule has 1 amide bonds. The summed E-state index contributed by atoms with van der Waals surface area (Å²) in [5.41, 5.74) is 6.38. The van der Waals surface area contributed by atoms with Crippen LogP contribution in [0.3, 0.4) is 0 Å². The Morgan fingerprint density at radius 2 is 1.65 bits per heavy atom. The molecule has 2 aromatic carbocycles. The van der Waals surface area contributed by atoms with Crippen molar-refractivity contribution in [2.24, 2.45) is 11.7 Å². The summed E-state index contributed by atoms with van der Waals surface area (Å²) >= 11 is 0. The van der Waals surface area contributed by atoms with Gasteiger partial charge in [-0.15, -0.1) is 0 Å². The molecular formula is C24H28F3N3O3S. The Bertz CT molecular complexity index is 1130. The van der Waals surface area contributed by atoms with E-state index in [4.69, 9.17) is 5.73 Å². The molecule has 2 fully saturated rings. The highest BCUT2D eigenvalue weighted by atomic mass is 32.2. The number of hydrogen-bond acceptors (Lipinski definition) is 4. The van der Waals surface area contributed by atoms with E-state index in [1.807, 2.05) is 4.90 Å². The molecule has 6 nitrogen and oxygen atoms in total. The van der Waals surface area contributed by atoms with Crippen LogP contribution in [-0.2, 0) is 21.2 Å². The Hall–Kier alpha value is -2.43. The Kier molecular flexibility index (Phi) is 7.30. The summed E-state index contributed by atoms with van der Waals surface area (Å²) in [6, 6.07) is 8.89. The second-order valence-corrected chi connectivity index (χ2v) is 10.9. The number of amides is 1. The molecule has 3 N–H and O–H groups in total. The minimum Gasteiger partial charge on any atom is -0.337 e. The number of carbonyl (C=O) groups is 1. The molecule has 2 bridgehead atoms. The minimum atomic E-state index is -3.68. The van der Waals surface area contributed by atoms with Crippen LogP contribution in [0.1, 0.15) is 37.7 Å². The standard InChI is InChI=1S/C24H28F3N3O3S/c25-20-14-22(27)21(26)12-15(20)13-23(28)16-10-17-6-7-18(11-16)30(17)24(31)8-9-29-34(32,33)19-4-2-1-3-5-19/h1-5,12,14,16-18,23,29H,6-11,13,28H2/t16?,17-,18?,23?/m0/s1. The van der Waals surface area contributed by atoms with Crippen molar-refractivity contribution < 1.29 is 26.4 Å². The van der Waals surface area contributed by atoms with Gasteiger partial charge in [-0.1, -0.05) is 18.2 Å². The number of piperidine rings is 1. The second-order valence-electron chi connectivity index (χ2n) is 9.10. The molecule has 2 aliphatic rings. The summed E-state index contributed by atoms with van der Waals surface area (Å²) in [4.78, 5) is 14.9. The van der Waals surface area contributed by atoms with E-state index < -0.39 is 33.5 Å². The molecular weight excluding hydrogens is 467 g/mol. The molecule has 0 saturated carbocycles. The maximum Gasteiger partial charge on any atom is 0.240 e. The Morgan fingerprint density at radius 1 is 1.03 bits per heavy atom. The number of hydrogen-bond donors (Lipinski definition) is 2. The van der Waals surface area contributed by atoms with Crippen LogP contribution < -0.4 is 10.5 Å². The van der Waals surface area contributed by atoms with Crippen LogP contribution in [0.2, 0.25) is 0 Å². The normalized spacial score (nSPS) is 23.2. The first-order chi connectivity index (χ1) is 16.2. The van der Waals surface area contributed by atoms with Gasteiger partial charge in [-0.25, -0.2) is 26.3 Å². The van der Waals surface area contributed by atoms with Gasteiger partial charge < -0.3 is 10.6 Å². The zero-order valence-electron chi connectivity index (χ0n) is 18.6. The van der Waals surface area contributed by atoms with Crippen molar-refractivity contribution in [3.63, 3.8) is 0 Å². The van der Waals surface area contributed by atoms with Crippen molar-refractivity contribution in [2.75, 3.05) is 6.54 Å². The van der Waals surface area contributed by atoms with Gasteiger partial charge in [-0.3, -0.25) is 4.79 Å². The van der Waals surface area contributed by atoms with Crippen molar-refractivity contribution in [3.05, 3.63) is 65.5 Å². The highest BCUT2D eigenvalue weighted by Gasteiger charge is 2.44. The number of sulfonamides is 1. The zero-order valence-corrected chi connectivity index (χ0v) is 19.4. The lowest BCUT2D eigenvalue weighted by Gasteiger charge is -2.41. The lowest BCUT2D eigenvalue weighted by molar-refractivity contribution is -0.136. The first-order valence-corrected chi connectivity index (χ1v) is 12.9. The van der Waals surface area contributed by atoms with E-state index in [0.29, 0.717) is 18.9 Å². The van der Waals surface area contributed by atoms with Gasteiger partial charge >= 0.3 is 0 Å². The molecule has 4 rings (SSSR count). The zero-order chi connectivity index (χ0) is 24.5. The van der Waals surface area contributed by atoms with E-state index in [0.717, 1.165) is 18.9 Å². The first-order valence-electron chi connectivity index (χ1n) is 11.4. The van der Waals surface area contributed by atoms with Gasteiger partial charge in [0.2, 0.25) is 15.9 Å². The smallest absolute Gasteiger partial charge is 0.240 e. The monoisotopic (exact) mass is 495 g/mol. The average Bonchev–Trinajstić information content (AvgIpc) is 3.07. The number of carbonyl (C=O) groups excluding carboxylic acids is 1. The molecule has 2 aliphatic heterocycles. The highest BCUT2D eigenvalue weighted by Crippen LogP contribution is 2.40. The van der Waals surface area contributed by atoms with E-state index >= 15 is 0 Å². The van der Waals surface area contributed by atoms with Gasteiger partial charge in [0.1, 0.15) is 5.82 Å². The number of rotatable bonds is 8. The summed E-state index contributed by atoms with van der Waals surface area (Å²) in [5, 5.41) is 0. The van der Waals surface area contributed by atoms with Gasteiger partial charge in [-0.05, 0) is 61.8 Å². The molecule has 2 heterocycles. The van der Waals surface area contributed by atoms with E-state index in [1.54, 1.807) is 18.2 Å². The summed E-state index contributed by atoms with van der Waals surface area (Å²) in [6.07, 6.45) is 3.08. The Balaban J connectivity index is 1.32. The molecule has 0 spiro atoms. The molecule has 2 saturated heterocycles. The van der Waals surface area contributed by atoms with Crippen LogP contribution in [0, 0.1) is 23.4 Å². The minimum absolute atomic E-state index is 0.00432. The predicted molar refractivity (Wildman–Crippen MR) is 121 cm³/mol. The largest absolute Gasteiger partial charge is 0.337 e. The number of benzene rings is 2. The molecule has 3 unspecified atom stereocenters. The summed E-state index contributed by atoms with van der Waals surface area (Å²) in [7, 11) is -3.68. The van der Waals surface area contributed by atoms with Crippen LogP contribution >= 0.6 is 0 Å². The van der Waals surface area contributed by atoms with E-state index in [9.17, 15) is 26.4 Å². The maximum atomic E-state index is 14.0. The second kappa shape index (κ2) is 10.1. The molecule has 0 aliphatic carbocycles. The first kappa shape index (κ1) is 24.7. The van der Waals surface area contributed by atoms with E-state index in [-0.39, 0.29) is 53.8 Å². The summed E-state index contributed by atoms with van der Waals surface area (Å²) in [6.45, 7) is 0.00432. The van der Waals surface area contributed by atoms with Gasteiger partial charge in [0, 0.05) is 37.2 Å². The summed E-state index contributed by atoms with van der Waals surface area (Å²) in [5.74, 6) is -3.24. The third-order valence-electron chi connectivity index (χ3n) is 6.89. The van der Waals surface area contributed by atoms with Crippen molar-refractivity contribution in [1.82, 2.24) is 9.62 Å². The highest BCUT2D eigenvalue weighted by molar-refractivity contribution is 7.89. The third-order valence-corrected chi connectivity index (χ3v) is 8.37. The van der Waals surface area contributed by atoms with Crippen molar-refractivity contribution in [2.45, 2.75) is 61.5 Å². The number of nitrogens with one attached hydrogen (secondary N) is 1. The van der Waals surface area contributed by atoms with Gasteiger partial charge in [0.15, 0.2) is 11.6 Å². The number of halogens is 3. The van der Waals surface area contributed by atoms with Crippen LogP contribution in [0.25, 0.3) is 0 Å².